The average molecular weight is 289 g/mol. The van der Waals surface area contributed by atoms with Gasteiger partial charge in [0.25, 0.3) is 0 Å². The van der Waals surface area contributed by atoms with Crippen molar-refractivity contribution in [2.75, 3.05) is 11.9 Å². The second-order valence-corrected chi connectivity index (χ2v) is 5.08. The van der Waals surface area contributed by atoms with Gasteiger partial charge in [0.1, 0.15) is 10.8 Å². The zero-order valence-corrected chi connectivity index (χ0v) is 12.5. The van der Waals surface area contributed by atoms with Crippen LogP contribution in [0.15, 0.2) is 30.3 Å². The summed E-state index contributed by atoms with van der Waals surface area (Å²) in [5, 5.41) is 0. The zero-order valence-electron chi connectivity index (χ0n) is 11.6. The van der Waals surface area contributed by atoms with E-state index in [1.807, 2.05) is 31.9 Å². The molecule has 2 aromatic rings. The standard InChI is InChI=1S/C15H16FN3S/c1-9-8-13(14(15(17)20)10(2)18-9)19(3)12-6-4-11(16)5-7-12/h4-8H,1-3H3,(H2,17,20). The topological polar surface area (TPSA) is 42.1 Å². The fraction of sp³-hybridized carbons (Fsp3) is 0.200. The maximum absolute atomic E-state index is 13.0. The molecule has 0 amide bonds. The van der Waals surface area contributed by atoms with Crippen molar-refractivity contribution in [1.82, 2.24) is 4.98 Å². The molecule has 1 heterocycles. The van der Waals surface area contributed by atoms with Gasteiger partial charge < -0.3 is 10.6 Å². The Balaban J connectivity index is 2.56. The van der Waals surface area contributed by atoms with E-state index in [9.17, 15) is 4.39 Å². The number of pyridine rings is 1. The summed E-state index contributed by atoms with van der Waals surface area (Å²) in [5.74, 6) is -0.265. The number of nitrogens with zero attached hydrogens (tertiary/aromatic N) is 2. The minimum absolute atomic E-state index is 0.265. The number of anilines is 2. The first-order valence-corrected chi connectivity index (χ1v) is 6.58. The Hall–Kier alpha value is -2.01. The lowest BCUT2D eigenvalue weighted by molar-refractivity contribution is 0.628. The summed E-state index contributed by atoms with van der Waals surface area (Å²) in [6.45, 7) is 3.79. The number of aryl methyl sites for hydroxylation is 2. The number of nitrogens with two attached hydrogens (primary N) is 1. The van der Waals surface area contributed by atoms with Crippen molar-refractivity contribution in [2.24, 2.45) is 5.73 Å². The Morgan fingerprint density at radius 3 is 2.40 bits per heavy atom. The van der Waals surface area contributed by atoms with Crippen LogP contribution in [-0.2, 0) is 0 Å². The Morgan fingerprint density at radius 2 is 1.85 bits per heavy atom. The summed E-state index contributed by atoms with van der Waals surface area (Å²) in [4.78, 5) is 6.62. The molecule has 0 aliphatic heterocycles. The lowest BCUT2D eigenvalue weighted by Crippen LogP contribution is -2.20. The SMILES string of the molecule is Cc1cc(N(C)c2ccc(F)cc2)c(C(N)=S)c(C)n1. The van der Waals surface area contributed by atoms with Crippen LogP contribution in [-0.4, -0.2) is 17.0 Å². The molecule has 0 fully saturated rings. The van der Waals surface area contributed by atoms with Crippen molar-refractivity contribution in [2.45, 2.75) is 13.8 Å². The number of halogens is 1. The third kappa shape index (κ3) is 2.77. The van der Waals surface area contributed by atoms with Crippen molar-refractivity contribution in [3.05, 3.63) is 53.1 Å². The van der Waals surface area contributed by atoms with E-state index in [-0.39, 0.29) is 5.82 Å². The van der Waals surface area contributed by atoms with Gasteiger partial charge in [0.15, 0.2) is 0 Å². The second kappa shape index (κ2) is 5.54. The predicted molar refractivity (Wildman–Crippen MR) is 84.1 cm³/mol. The first-order valence-electron chi connectivity index (χ1n) is 6.17. The summed E-state index contributed by atoms with van der Waals surface area (Å²) >= 11 is 5.12. The Morgan fingerprint density at radius 1 is 1.25 bits per heavy atom. The van der Waals surface area contributed by atoms with Gasteiger partial charge >= 0.3 is 0 Å². The molecule has 2 rings (SSSR count). The van der Waals surface area contributed by atoms with E-state index < -0.39 is 0 Å². The average Bonchev–Trinajstić information content (AvgIpc) is 2.37. The van der Waals surface area contributed by atoms with Gasteiger partial charge in [-0.05, 0) is 44.2 Å². The maximum Gasteiger partial charge on any atom is 0.123 e. The summed E-state index contributed by atoms with van der Waals surface area (Å²) < 4.78 is 13.0. The molecule has 0 aliphatic rings. The highest BCUT2D eigenvalue weighted by atomic mass is 32.1. The molecule has 20 heavy (non-hydrogen) atoms. The van der Waals surface area contributed by atoms with Crippen molar-refractivity contribution < 1.29 is 4.39 Å². The van der Waals surface area contributed by atoms with Gasteiger partial charge in [-0.2, -0.15) is 0 Å². The normalized spacial score (nSPS) is 10.4. The van der Waals surface area contributed by atoms with Crippen LogP contribution < -0.4 is 10.6 Å². The Kier molecular flexibility index (Phi) is 3.99. The monoisotopic (exact) mass is 289 g/mol. The first kappa shape index (κ1) is 14.4. The molecule has 0 spiro atoms. The zero-order chi connectivity index (χ0) is 14.9. The van der Waals surface area contributed by atoms with Crippen molar-refractivity contribution in [1.29, 1.82) is 0 Å². The van der Waals surface area contributed by atoms with Gasteiger partial charge in [-0.1, -0.05) is 12.2 Å². The van der Waals surface area contributed by atoms with E-state index in [2.05, 4.69) is 4.98 Å². The van der Waals surface area contributed by atoms with Gasteiger partial charge in [0.05, 0.1) is 11.3 Å². The third-order valence-corrected chi connectivity index (χ3v) is 3.33. The van der Waals surface area contributed by atoms with Gasteiger partial charge in [-0.25, -0.2) is 4.39 Å². The molecule has 1 aromatic heterocycles. The van der Waals surface area contributed by atoms with Crippen LogP contribution in [0.25, 0.3) is 0 Å². The summed E-state index contributed by atoms with van der Waals surface area (Å²) in [6, 6.07) is 8.19. The van der Waals surface area contributed by atoms with Gasteiger partial charge in [0, 0.05) is 24.1 Å². The van der Waals surface area contributed by atoms with E-state index in [1.54, 1.807) is 12.1 Å². The molecule has 0 bridgehead atoms. The fourth-order valence-electron chi connectivity index (χ4n) is 2.18. The van der Waals surface area contributed by atoms with Crippen LogP contribution in [0.5, 0.6) is 0 Å². The summed E-state index contributed by atoms with van der Waals surface area (Å²) in [5.41, 5.74) is 9.96. The lowest BCUT2D eigenvalue weighted by atomic mass is 10.1. The molecular formula is C15H16FN3S. The molecular weight excluding hydrogens is 273 g/mol. The van der Waals surface area contributed by atoms with Crippen LogP contribution in [0, 0.1) is 19.7 Å². The van der Waals surface area contributed by atoms with Crippen molar-refractivity contribution in [3.63, 3.8) is 0 Å². The molecule has 104 valence electrons. The molecule has 2 N–H and O–H groups in total. The number of benzene rings is 1. The van der Waals surface area contributed by atoms with E-state index in [4.69, 9.17) is 18.0 Å². The van der Waals surface area contributed by atoms with Crippen LogP contribution in [0.4, 0.5) is 15.8 Å². The van der Waals surface area contributed by atoms with Crippen LogP contribution in [0.2, 0.25) is 0 Å². The maximum atomic E-state index is 13.0. The molecule has 0 atom stereocenters. The third-order valence-electron chi connectivity index (χ3n) is 3.13. The van der Waals surface area contributed by atoms with E-state index in [1.165, 1.54) is 12.1 Å². The number of hydrogen-bond donors (Lipinski definition) is 1. The summed E-state index contributed by atoms with van der Waals surface area (Å²) in [7, 11) is 1.89. The largest absolute Gasteiger partial charge is 0.389 e. The molecule has 1 aromatic carbocycles. The Bertz CT molecular complexity index is 653. The quantitative estimate of drug-likeness (QED) is 0.881. The van der Waals surface area contributed by atoms with E-state index in [0.29, 0.717) is 4.99 Å². The second-order valence-electron chi connectivity index (χ2n) is 4.64. The smallest absolute Gasteiger partial charge is 0.123 e. The van der Waals surface area contributed by atoms with Crippen LogP contribution in [0.1, 0.15) is 17.0 Å². The number of thiocarbonyl (C=S) groups is 1. The van der Waals surface area contributed by atoms with Gasteiger partial charge in [0.2, 0.25) is 0 Å². The van der Waals surface area contributed by atoms with Gasteiger partial charge in [-0.15, -0.1) is 0 Å². The highest BCUT2D eigenvalue weighted by molar-refractivity contribution is 7.80. The minimum Gasteiger partial charge on any atom is -0.389 e. The van der Waals surface area contributed by atoms with E-state index in [0.717, 1.165) is 28.3 Å². The molecule has 0 aliphatic carbocycles. The van der Waals surface area contributed by atoms with E-state index >= 15 is 0 Å². The molecule has 0 saturated carbocycles. The fourth-order valence-corrected chi connectivity index (χ4v) is 2.43. The van der Waals surface area contributed by atoms with Crippen molar-refractivity contribution in [3.8, 4) is 0 Å². The summed E-state index contributed by atoms with van der Waals surface area (Å²) in [6.07, 6.45) is 0. The lowest BCUT2D eigenvalue weighted by Gasteiger charge is -2.23. The van der Waals surface area contributed by atoms with Crippen LogP contribution >= 0.6 is 12.2 Å². The molecule has 0 saturated heterocycles. The number of hydrogen-bond acceptors (Lipinski definition) is 3. The molecule has 0 radical (unpaired) electrons. The Labute approximate surface area is 123 Å². The molecule has 0 unspecified atom stereocenters. The molecule has 3 nitrogen and oxygen atoms in total. The number of rotatable bonds is 3. The minimum atomic E-state index is -0.265. The highest BCUT2D eigenvalue weighted by Gasteiger charge is 2.15. The van der Waals surface area contributed by atoms with Gasteiger partial charge in [-0.3, -0.25) is 4.98 Å². The van der Waals surface area contributed by atoms with Crippen LogP contribution in [0.3, 0.4) is 0 Å². The first-order chi connectivity index (χ1) is 9.40. The molecule has 5 heteroatoms. The number of aromatic nitrogens is 1. The highest BCUT2D eigenvalue weighted by Crippen LogP contribution is 2.29. The van der Waals surface area contributed by atoms with Crippen molar-refractivity contribution >= 4 is 28.6 Å². The predicted octanol–water partition coefficient (Wildman–Crippen LogP) is 3.24.